The van der Waals surface area contributed by atoms with E-state index in [0.29, 0.717) is 11.4 Å². The maximum Gasteiger partial charge on any atom is 0.410 e. The smallest absolute Gasteiger partial charge is 0.410 e. The van der Waals surface area contributed by atoms with Gasteiger partial charge in [-0.3, -0.25) is 9.78 Å². The van der Waals surface area contributed by atoms with Crippen LogP contribution in [-0.4, -0.2) is 64.7 Å². The van der Waals surface area contributed by atoms with E-state index < -0.39 is 29.5 Å². The highest BCUT2D eigenvalue weighted by atomic mass is 79.9. The summed E-state index contributed by atoms with van der Waals surface area (Å²) in [6.45, 7) is 11.8. The Kier molecular flexibility index (Phi) is 7.63. The van der Waals surface area contributed by atoms with Crippen molar-refractivity contribution in [2.45, 2.75) is 59.1 Å². The molecule has 1 aromatic heterocycles. The van der Waals surface area contributed by atoms with Gasteiger partial charge in [-0.2, -0.15) is 0 Å². The summed E-state index contributed by atoms with van der Waals surface area (Å²) in [5, 5.41) is -0.0657. The van der Waals surface area contributed by atoms with Crippen molar-refractivity contribution in [3.05, 3.63) is 44.4 Å². The monoisotopic (exact) mass is 597 g/mol. The first-order chi connectivity index (χ1) is 17.3. The predicted octanol–water partition coefficient (Wildman–Crippen LogP) is 6.31. The van der Waals surface area contributed by atoms with Crippen molar-refractivity contribution in [1.29, 1.82) is 0 Å². The lowest BCUT2D eigenvalue weighted by molar-refractivity contribution is 0.000919. The number of halogens is 3. The number of nitrogens with zero attached hydrogens (tertiary/aromatic N) is 3. The molecule has 0 bridgehead atoms. The van der Waals surface area contributed by atoms with Gasteiger partial charge in [-0.15, -0.1) is 0 Å². The Morgan fingerprint density at radius 1 is 1.30 bits per heavy atom. The first-order valence-corrected chi connectivity index (χ1v) is 13.2. The van der Waals surface area contributed by atoms with Gasteiger partial charge < -0.3 is 24.0 Å². The Balaban J connectivity index is 1.74. The number of piperazine rings is 1. The number of fused-ring (bicyclic) bond motifs is 2. The van der Waals surface area contributed by atoms with Crippen LogP contribution in [-0.2, 0) is 4.74 Å². The van der Waals surface area contributed by atoms with Crippen LogP contribution >= 0.6 is 27.5 Å². The molecule has 1 fully saturated rings. The number of carbonyl (C=O) groups excluding carboxylic acids is 2. The number of pyridine rings is 1. The number of hydrogen-bond acceptors (Lipinski definition) is 6. The van der Waals surface area contributed by atoms with Crippen molar-refractivity contribution >= 4 is 39.5 Å². The number of rotatable bonds is 3. The van der Waals surface area contributed by atoms with Crippen LogP contribution in [0.15, 0.2) is 16.7 Å². The fraction of sp³-hybridized carbons (Fsp3) is 0.500. The molecule has 1 aromatic carbocycles. The highest BCUT2D eigenvalue weighted by molar-refractivity contribution is 9.10. The fourth-order valence-corrected chi connectivity index (χ4v) is 4.93. The maximum atomic E-state index is 15.7. The number of benzene rings is 1. The lowest BCUT2D eigenvalue weighted by Crippen LogP contribution is -2.58. The van der Waals surface area contributed by atoms with Gasteiger partial charge in [0.1, 0.15) is 22.8 Å². The molecule has 0 saturated carbocycles. The molecule has 2 aliphatic rings. The number of carbonyl (C=O) groups is 2. The molecule has 0 radical (unpaired) electrons. The molecule has 0 unspecified atom stereocenters. The molecule has 1 atom stereocenters. The van der Waals surface area contributed by atoms with Crippen LogP contribution in [0.25, 0.3) is 0 Å². The molecule has 2 amide bonds. The maximum absolute atomic E-state index is 15.7. The van der Waals surface area contributed by atoms with E-state index in [-0.39, 0.29) is 58.7 Å². The Morgan fingerprint density at radius 3 is 2.65 bits per heavy atom. The molecule has 1 saturated heterocycles. The van der Waals surface area contributed by atoms with E-state index in [2.05, 4.69) is 20.9 Å². The third kappa shape index (κ3) is 5.36. The van der Waals surface area contributed by atoms with Gasteiger partial charge in [0.05, 0.1) is 16.2 Å². The summed E-state index contributed by atoms with van der Waals surface area (Å²) in [5.74, 6) is -1.20. The summed E-state index contributed by atoms with van der Waals surface area (Å²) in [5.41, 5.74) is 0.619. The Morgan fingerprint density at radius 2 is 2.00 bits per heavy atom. The second kappa shape index (κ2) is 10.3. The molecule has 200 valence electrons. The second-order valence-electron chi connectivity index (χ2n) is 10.5. The standard InChI is InChI=1S/C26H30BrClFN3O5/c1-13(2)20-21(14(3)7-8-30-20)36-23-16-22(18(28)17(27)19(23)29)35-12-15-11-31(9-10-32(15)24(16)33)25(34)37-26(4,5)6/h7-8,13,15H,9-12H2,1-6H3/t15-/m0/s1. The molecule has 11 heteroatoms. The Hall–Kier alpha value is -2.59. The van der Waals surface area contributed by atoms with E-state index in [9.17, 15) is 9.59 Å². The minimum atomic E-state index is -0.815. The van der Waals surface area contributed by atoms with Gasteiger partial charge in [-0.1, -0.05) is 25.4 Å². The molecule has 0 spiro atoms. The summed E-state index contributed by atoms with van der Waals surface area (Å²) in [7, 11) is 0. The largest absolute Gasteiger partial charge is 0.489 e. The topological polar surface area (TPSA) is 81.2 Å². The summed E-state index contributed by atoms with van der Waals surface area (Å²) in [6.07, 6.45) is 1.19. The van der Waals surface area contributed by atoms with E-state index in [1.165, 1.54) is 0 Å². The molecular formula is C26H30BrClFN3O5. The fourth-order valence-electron chi connectivity index (χ4n) is 4.34. The van der Waals surface area contributed by atoms with E-state index >= 15 is 4.39 Å². The summed E-state index contributed by atoms with van der Waals surface area (Å²) >= 11 is 9.65. The quantitative estimate of drug-likeness (QED) is 0.385. The van der Waals surface area contributed by atoms with Crippen LogP contribution in [0.2, 0.25) is 5.02 Å². The van der Waals surface area contributed by atoms with Crippen molar-refractivity contribution < 1.29 is 28.2 Å². The lowest BCUT2D eigenvalue weighted by atomic mass is 10.1. The second-order valence-corrected chi connectivity index (χ2v) is 11.6. The van der Waals surface area contributed by atoms with Gasteiger partial charge in [0.15, 0.2) is 23.1 Å². The zero-order chi connectivity index (χ0) is 27.2. The van der Waals surface area contributed by atoms with Gasteiger partial charge in [-0.25, -0.2) is 9.18 Å². The van der Waals surface area contributed by atoms with Crippen LogP contribution in [0.1, 0.15) is 62.2 Å². The van der Waals surface area contributed by atoms with Crippen LogP contribution in [0.4, 0.5) is 9.18 Å². The van der Waals surface area contributed by atoms with Gasteiger partial charge in [0.2, 0.25) is 0 Å². The van der Waals surface area contributed by atoms with E-state index in [0.717, 1.165) is 5.56 Å². The van der Waals surface area contributed by atoms with Crippen LogP contribution in [0, 0.1) is 12.7 Å². The van der Waals surface area contributed by atoms with Crippen molar-refractivity contribution in [3.63, 3.8) is 0 Å². The molecule has 0 N–H and O–H groups in total. The number of ether oxygens (including phenoxy) is 3. The number of amides is 2. The predicted molar refractivity (Wildman–Crippen MR) is 140 cm³/mol. The van der Waals surface area contributed by atoms with E-state index in [4.69, 9.17) is 25.8 Å². The average Bonchev–Trinajstić information content (AvgIpc) is 2.96. The number of aryl methyl sites for hydroxylation is 1. The summed E-state index contributed by atoms with van der Waals surface area (Å²) in [6, 6.07) is 1.27. The molecule has 2 aromatic rings. The average molecular weight is 599 g/mol. The van der Waals surface area contributed by atoms with Gasteiger partial charge in [-0.05, 0) is 61.2 Å². The minimum absolute atomic E-state index is 0.00966. The molecule has 4 rings (SSSR count). The van der Waals surface area contributed by atoms with Crippen molar-refractivity contribution in [2.75, 3.05) is 26.2 Å². The molecule has 8 nitrogen and oxygen atoms in total. The van der Waals surface area contributed by atoms with Crippen molar-refractivity contribution in [3.8, 4) is 17.2 Å². The van der Waals surface area contributed by atoms with Gasteiger partial charge in [0, 0.05) is 25.8 Å². The highest BCUT2D eigenvalue weighted by Crippen LogP contribution is 2.48. The van der Waals surface area contributed by atoms with Crippen molar-refractivity contribution in [2.24, 2.45) is 0 Å². The summed E-state index contributed by atoms with van der Waals surface area (Å²) < 4.78 is 33.3. The SMILES string of the molecule is Cc1ccnc(C(C)C)c1Oc1c(F)c(Br)c(Cl)c2c1C(=O)N1CCN(C(=O)OC(C)(C)C)C[C@H]1CO2. The van der Waals surface area contributed by atoms with Crippen LogP contribution < -0.4 is 9.47 Å². The van der Waals surface area contributed by atoms with E-state index in [1.54, 1.807) is 42.8 Å². The third-order valence-electron chi connectivity index (χ3n) is 6.15. The first kappa shape index (κ1) is 27.4. The molecule has 37 heavy (non-hydrogen) atoms. The molecule has 0 aliphatic carbocycles. The molecule has 2 aliphatic heterocycles. The zero-order valence-corrected chi connectivity index (χ0v) is 24.0. The molecular weight excluding hydrogens is 569 g/mol. The van der Waals surface area contributed by atoms with E-state index in [1.807, 2.05) is 20.8 Å². The zero-order valence-electron chi connectivity index (χ0n) is 21.7. The number of aromatic nitrogens is 1. The normalized spacial score (nSPS) is 17.7. The number of hydrogen-bond donors (Lipinski definition) is 0. The van der Waals surface area contributed by atoms with Gasteiger partial charge >= 0.3 is 6.09 Å². The lowest BCUT2D eigenvalue weighted by Gasteiger charge is -2.40. The van der Waals surface area contributed by atoms with Crippen LogP contribution in [0.5, 0.6) is 17.2 Å². The Bertz CT molecular complexity index is 1250. The van der Waals surface area contributed by atoms with Crippen molar-refractivity contribution in [1.82, 2.24) is 14.8 Å². The van der Waals surface area contributed by atoms with Gasteiger partial charge in [0.25, 0.3) is 5.91 Å². The third-order valence-corrected chi connectivity index (χ3v) is 7.48. The Labute approximate surface area is 229 Å². The first-order valence-electron chi connectivity index (χ1n) is 12.1. The van der Waals surface area contributed by atoms with Crippen LogP contribution in [0.3, 0.4) is 0 Å². The minimum Gasteiger partial charge on any atom is -0.489 e. The summed E-state index contributed by atoms with van der Waals surface area (Å²) in [4.78, 5) is 34.1. The molecule has 3 heterocycles. The highest BCUT2D eigenvalue weighted by Gasteiger charge is 2.42.